The number of phenols is 1. The Morgan fingerprint density at radius 1 is 1.48 bits per heavy atom. The molecule has 2 aliphatic heterocycles. The van der Waals surface area contributed by atoms with Gasteiger partial charge in [-0.2, -0.15) is 0 Å². The summed E-state index contributed by atoms with van der Waals surface area (Å²) in [6.45, 7) is 3.67. The molecule has 1 amide bonds. The van der Waals surface area contributed by atoms with E-state index >= 15 is 0 Å². The number of rotatable bonds is 4. The van der Waals surface area contributed by atoms with Crippen LogP contribution in [0.2, 0.25) is 0 Å². The monoisotopic (exact) mass is 362 g/mol. The first kappa shape index (κ1) is 17.3. The molecule has 1 aromatic carbocycles. The van der Waals surface area contributed by atoms with Gasteiger partial charge in [0.25, 0.3) is 0 Å². The van der Waals surface area contributed by atoms with Crippen LogP contribution in [0.25, 0.3) is 0 Å². The molecule has 8 heteroatoms. The zero-order valence-corrected chi connectivity index (χ0v) is 14.9. The van der Waals surface area contributed by atoms with Crippen molar-refractivity contribution in [2.45, 2.75) is 19.9 Å². The van der Waals surface area contributed by atoms with Gasteiger partial charge < -0.3 is 14.6 Å². The number of allylic oxidation sites excluding steroid dienone is 1. The third kappa shape index (κ3) is 2.97. The van der Waals surface area contributed by atoms with Gasteiger partial charge in [-0.25, -0.2) is 9.79 Å². The number of carbonyl (C=O) groups excluding carboxylic acids is 2. The quantitative estimate of drug-likeness (QED) is 0.827. The molecular formula is C17H18N2O5S. The molecule has 0 spiro atoms. The zero-order valence-electron chi connectivity index (χ0n) is 14.1. The van der Waals surface area contributed by atoms with Crippen LogP contribution in [0.3, 0.4) is 0 Å². The molecule has 0 aromatic heterocycles. The Hall–Kier alpha value is -2.48. The average Bonchev–Trinajstić information content (AvgIpc) is 2.95. The van der Waals surface area contributed by atoms with Gasteiger partial charge in [0.15, 0.2) is 16.7 Å². The smallest absolute Gasteiger partial charge is 0.338 e. The number of aromatic hydroxyl groups is 1. The second kappa shape index (κ2) is 6.79. The number of methoxy groups -OCH3 is 1. The molecular weight excluding hydrogens is 344 g/mol. The Labute approximate surface area is 149 Å². The van der Waals surface area contributed by atoms with Gasteiger partial charge in [0.1, 0.15) is 0 Å². The number of esters is 1. The van der Waals surface area contributed by atoms with E-state index < -0.39 is 12.0 Å². The lowest BCUT2D eigenvalue weighted by Gasteiger charge is -2.33. The fourth-order valence-corrected chi connectivity index (χ4v) is 3.83. The van der Waals surface area contributed by atoms with Gasteiger partial charge >= 0.3 is 5.97 Å². The SMILES string of the molecule is CCOC(=O)C1=C(C)N=C2SCC(=O)N2C1c1ccc(O)c(OC)c1. The Morgan fingerprint density at radius 2 is 2.24 bits per heavy atom. The average molecular weight is 362 g/mol. The number of amides is 1. The summed E-state index contributed by atoms with van der Waals surface area (Å²) in [4.78, 5) is 30.9. The van der Waals surface area contributed by atoms with Gasteiger partial charge in [-0.15, -0.1) is 0 Å². The van der Waals surface area contributed by atoms with Crippen LogP contribution in [0.1, 0.15) is 25.5 Å². The number of carbonyl (C=O) groups is 2. The maximum absolute atomic E-state index is 12.5. The summed E-state index contributed by atoms with van der Waals surface area (Å²) in [5, 5.41) is 10.4. The summed E-state index contributed by atoms with van der Waals surface area (Å²) in [6.07, 6.45) is 0. The van der Waals surface area contributed by atoms with Gasteiger partial charge in [-0.3, -0.25) is 9.69 Å². The van der Waals surface area contributed by atoms with Gasteiger partial charge in [0, 0.05) is 0 Å². The second-order valence-electron chi connectivity index (χ2n) is 5.50. The van der Waals surface area contributed by atoms with Crippen LogP contribution in [-0.4, -0.2) is 46.5 Å². The predicted octanol–water partition coefficient (Wildman–Crippen LogP) is 2.22. The molecule has 1 aromatic rings. The third-order valence-corrected chi connectivity index (χ3v) is 4.94. The van der Waals surface area contributed by atoms with Crippen molar-refractivity contribution in [3.63, 3.8) is 0 Å². The minimum atomic E-state index is -0.663. The van der Waals surface area contributed by atoms with E-state index in [0.29, 0.717) is 22.0 Å². The Kier molecular flexibility index (Phi) is 4.71. The first-order chi connectivity index (χ1) is 12.0. The first-order valence-corrected chi connectivity index (χ1v) is 8.74. The van der Waals surface area contributed by atoms with Crippen LogP contribution in [0.5, 0.6) is 11.5 Å². The van der Waals surface area contributed by atoms with Crippen molar-refractivity contribution in [1.82, 2.24) is 4.90 Å². The van der Waals surface area contributed by atoms with E-state index in [-0.39, 0.29) is 29.8 Å². The van der Waals surface area contributed by atoms with Crippen LogP contribution in [0, 0.1) is 0 Å². The van der Waals surface area contributed by atoms with E-state index in [0.717, 1.165) is 0 Å². The van der Waals surface area contributed by atoms with Gasteiger partial charge in [0.05, 0.1) is 36.8 Å². The molecule has 3 rings (SSSR count). The summed E-state index contributed by atoms with van der Waals surface area (Å²) in [5.74, 6) is -0.119. The number of phenolic OH excluding ortho intramolecular Hbond substituents is 1. The normalized spacial score (nSPS) is 19.6. The predicted molar refractivity (Wildman–Crippen MR) is 93.5 cm³/mol. The fourth-order valence-electron chi connectivity index (χ4n) is 2.89. The zero-order chi connectivity index (χ0) is 18.1. The maximum atomic E-state index is 12.5. The number of amidine groups is 1. The van der Waals surface area contributed by atoms with Gasteiger partial charge in [-0.05, 0) is 31.5 Å². The lowest BCUT2D eigenvalue weighted by Crippen LogP contribution is -2.39. The highest BCUT2D eigenvalue weighted by atomic mass is 32.2. The van der Waals surface area contributed by atoms with Crippen LogP contribution >= 0.6 is 11.8 Å². The first-order valence-electron chi connectivity index (χ1n) is 7.76. The highest BCUT2D eigenvalue weighted by Gasteiger charge is 2.43. The van der Waals surface area contributed by atoms with Crippen molar-refractivity contribution >= 4 is 28.8 Å². The van der Waals surface area contributed by atoms with Crippen LogP contribution in [-0.2, 0) is 14.3 Å². The minimum absolute atomic E-state index is 0.0172. The lowest BCUT2D eigenvalue weighted by atomic mass is 9.94. The highest BCUT2D eigenvalue weighted by molar-refractivity contribution is 8.15. The molecule has 0 bridgehead atoms. The standard InChI is InChI=1S/C17H18N2O5S/c1-4-24-16(22)14-9(2)18-17-19(13(21)8-25-17)15(14)10-5-6-11(20)12(7-10)23-3/h5-7,15,20H,4,8H2,1-3H3. The van der Waals surface area contributed by atoms with Crippen LogP contribution < -0.4 is 4.74 Å². The largest absolute Gasteiger partial charge is 0.504 e. The van der Waals surface area contributed by atoms with Gasteiger partial charge in [-0.1, -0.05) is 17.8 Å². The molecule has 1 saturated heterocycles. The number of aliphatic imine (C=N–C) groups is 1. The number of ether oxygens (including phenoxy) is 2. The molecule has 1 fully saturated rings. The van der Waals surface area contributed by atoms with E-state index in [2.05, 4.69) is 4.99 Å². The van der Waals surface area contributed by atoms with E-state index in [1.165, 1.54) is 29.8 Å². The van der Waals surface area contributed by atoms with E-state index in [1.54, 1.807) is 26.0 Å². The summed E-state index contributed by atoms with van der Waals surface area (Å²) in [7, 11) is 1.44. The van der Waals surface area contributed by atoms with Crippen molar-refractivity contribution in [3.05, 3.63) is 35.0 Å². The summed E-state index contributed by atoms with van der Waals surface area (Å²) in [5.41, 5.74) is 1.47. The van der Waals surface area contributed by atoms with Crippen molar-refractivity contribution in [3.8, 4) is 11.5 Å². The van der Waals surface area contributed by atoms with Gasteiger partial charge in [0.2, 0.25) is 5.91 Å². The molecule has 0 aliphatic carbocycles. The molecule has 1 unspecified atom stereocenters. The molecule has 7 nitrogen and oxygen atoms in total. The molecule has 1 atom stereocenters. The molecule has 25 heavy (non-hydrogen) atoms. The number of fused-ring (bicyclic) bond motifs is 1. The fraction of sp³-hybridized carbons (Fsp3) is 0.353. The molecule has 2 aliphatic rings. The Morgan fingerprint density at radius 3 is 2.92 bits per heavy atom. The van der Waals surface area contributed by atoms with Crippen LogP contribution in [0.4, 0.5) is 0 Å². The lowest BCUT2D eigenvalue weighted by molar-refractivity contribution is -0.139. The van der Waals surface area contributed by atoms with Crippen molar-refractivity contribution in [2.75, 3.05) is 19.5 Å². The number of nitrogens with zero attached hydrogens (tertiary/aromatic N) is 2. The highest BCUT2D eigenvalue weighted by Crippen LogP contribution is 2.42. The van der Waals surface area contributed by atoms with Crippen LogP contribution in [0.15, 0.2) is 34.5 Å². The topological polar surface area (TPSA) is 88.4 Å². The van der Waals surface area contributed by atoms with Crippen molar-refractivity contribution < 1.29 is 24.2 Å². The molecule has 2 heterocycles. The molecule has 0 saturated carbocycles. The maximum Gasteiger partial charge on any atom is 0.338 e. The molecule has 132 valence electrons. The summed E-state index contributed by atoms with van der Waals surface area (Å²) in [6, 6.07) is 4.09. The van der Waals surface area contributed by atoms with E-state index in [1.807, 2.05) is 0 Å². The number of benzene rings is 1. The summed E-state index contributed by atoms with van der Waals surface area (Å²) >= 11 is 1.34. The third-order valence-electron chi connectivity index (χ3n) is 4.00. The molecule has 1 N–H and O–H groups in total. The number of thioether (sulfide) groups is 1. The van der Waals surface area contributed by atoms with E-state index in [4.69, 9.17) is 9.47 Å². The number of hydrogen-bond donors (Lipinski definition) is 1. The Balaban J connectivity index is 2.16. The Bertz CT molecular complexity index is 802. The summed E-state index contributed by atoms with van der Waals surface area (Å²) < 4.78 is 10.3. The van der Waals surface area contributed by atoms with Crippen molar-refractivity contribution in [1.29, 1.82) is 0 Å². The second-order valence-corrected chi connectivity index (χ2v) is 6.44. The van der Waals surface area contributed by atoms with Crippen molar-refractivity contribution in [2.24, 2.45) is 4.99 Å². The molecule has 0 radical (unpaired) electrons. The minimum Gasteiger partial charge on any atom is -0.504 e. The van der Waals surface area contributed by atoms with E-state index in [9.17, 15) is 14.7 Å². The number of hydrogen-bond acceptors (Lipinski definition) is 7.